The summed E-state index contributed by atoms with van der Waals surface area (Å²) in [6.07, 6.45) is 0. The van der Waals surface area contributed by atoms with Crippen molar-refractivity contribution in [3.05, 3.63) is 32.2 Å². The van der Waals surface area contributed by atoms with Gasteiger partial charge in [0.25, 0.3) is 0 Å². The average Bonchev–Trinajstić information content (AvgIpc) is 2.01. The van der Waals surface area contributed by atoms with Crippen LogP contribution in [0, 0.1) is 0 Å². The van der Waals surface area contributed by atoms with E-state index in [0.29, 0.717) is 4.47 Å². The minimum atomic E-state index is -1.28. The number of benzene rings is 1. The van der Waals surface area contributed by atoms with E-state index in [4.69, 9.17) is 10.2 Å². The van der Waals surface area contributed by atoms with Gasteiger partial charge in [-0.05, 0) is 28.1 Å². The molecule has 74 valence electrons. The summed E-state index contributed by atoms with van der Waals surface area (Å²) >= 11 is 6.07. The summed E-state index contributed by atoms with van der Waals surface area (Å²) in [4.78, 5) is 21.5. The van der Waals surface area contributed by atoms with E-state index in [-0.39, 0.29) is 15.6 Å². The van der Waals surface area contributed by atoms with E-state index in [1.165, 1.54) is 12.1 Å². The fraction of sp³-hybridized carbons (Fsp3) is 0. The summed E-state index contributed by atoms with van der Waals surface area (Å²) in [5.74, 6) is -2.55. The normalized spacial score (nSPS) is 9.86. The molecule has 0 radical (unpaired) electrons. The Bertz CT molecular complexity index is 414. The quantitative estimate of drug-likeness (QED) is 0.877. The van der Waals surface area contributed by atoms with Crippen molar-refractivity contribution in [2.45, 2.75) is 0 Å². The van der Waals surface area contributed by atoms with Crippen molar-refractivity contribution in [2.24, 2.45) is 0 Å². The van der Waals surface area contributed by atoms with Crippen LogP contribution < -0.4 is 0 Å². The summed E-state index contributed by atoms with van der Waals surface area (Å²) < 4.78 is 0.739. The second-order valence-electron chi connectivity index (χ2n) is 2.42. The van der Waals surface area contributed by atoms with Gasteiger partial charge in [-0.1, -0.05) is 15.9 Å². The SMILES string of the molecule is O=C(O)c1cc(Br)cc(Br)c1C(=O)O. The average molecular weight is 324 g/mol. The highest BCUT2D eigenvalue weighted by Crippen LogP contribution is 2.26. The van der Waals surface area contributed by atoms with Crippen LogP contribution in [0.25, 0.3) is 0 Å². The standard InChI is InChI=1S/C8H4Br2O4/c9-3-1-4(7(11)12)6(8(13)14)5(10)2-3/h1-2H,(H,11,12)(H,13,14). The predicted octanol–water partition coefficient (Wildman–Crippen LogP) is 2.61. The van der Waals surface area contributed by atoms with Gasteiger partial charge in [0.2, 0.25) is 0 Å². The predicted molar refractivity (Wildman–Crippen MR) is 55.8 cm³/mol. The maximum Gasteiger partial charge on any atom is 0.337 e. The van der Waals surface area contributed by atoms with Gasteiger partial charge in [-0.15, -0.1) is 0 Å². The number of aromatic carboxylic acids is 2. The van der Waals surface area contributed by atoms with Crippen LogP contribution in [0.15, 0.2) is 21.1 Å². The maximum absolute atomic E-state index is 10.7. The molecular weight excluding hydrogens is 320 g/mol. The highest BCUT2D eigenvalue weighted by atomic mass is 79.9. The van der Waals surface area contributed by atoms with E-state index in [0.717, 1.165) is 0 Å². The lowest BCUT2D eigenvalue weighted by Crippen LogP contribution is -2.08. The zero-order valence-electron chi connectivity index (χ0n) is 6.62. The van der Waals surface area contributed by atoms with Gasteiger partial charge in [-0.2, -0.15) is 0 Å². The lowest BCUT2D eigenvalue weighted by atomic mass is 10.1. The van der Waals surface area contributed by atoms with Crippen molar-refractivity contribution in [1.82, 2.24) is 0 Å². The van der Waals surface area contributed by atoms with E-state index in [1.807, 2.05) is 0 Å². The van der Waals surface area contributed by atoms with Gasteiger partial charge < -0.3 is 10.2 Å². The Morgan fingerprint density at radius 2 is 1.64 bits per heavy atom. The van der Waals surface area contributed by atoms with Crippen molar-refractivity contribution in [1.29, 1.82) is 0 Å². The minimum absolute atomic E-state index is 0.233. The van der Waals surface area contributed by atoms with Crippen LogP contribution in [-0.4, -0.2) is 22.2 Å². The number of hydrogen-bond acceptors (Lipinski definition) is 2. The van der Waals surface area contributed by atoms with E-state index in [9.17, 15) is 9.59 Å². The maximum atomic E-state index is 10.7. The second-order valence-corrected chi connectivity index (χ2v) is 4.19. The number of halogens is 2. The zero-order valence-corrected chi connectivity index (χ0v) is 9.79. The molecule has 0 saturated heterocycles. The van der Waals surface area contributed by atoms with Gasteiger partial charge >= 0.3 is 11.9 Å². The van der Waals surface area contributed by atoms with Gasteiger partial charge in [-0.25, -0.2) is 9.59 Å². The molecule has 0 aliphatic heterocycles. The van der Waals surface area contributed by atoms with Crippen molar-refractivity contribution >= 4 is 43.8 Å². The second kappa shape index (κ2) is 4.10. The van der Waals surface area contributed by atoms with Crippen LogP contribution in [0.3, 0.4) is 0 Å². The molecule has 0 aliphatic rings. The highest BCUT2D eigenvalue weighted by Gasteiger charge is 2.19. The third-order valence-corrected chi connectivity index (χ3v) is 2.58. The Morgan fingerprint density at radius 1 is 1.07 bits per heavy atom. The number of rotatable bonds is 2. The lowest BCUT2D eigenvalue weighted by molar-refractivity contribution is 0.0650. The molecule has 0 fully saturated rings. The Kier molecular flexibility index (Phi) is 3.28. The number of carboxylic acids is 2. The van der Waals surface area contributed by atoms with Crippen molar-refractivity contribution < 1.29 is 19.8 Å². The molecule has 0 atom stereocenters. The van der Waals surface area contributed by atoms with Gasteiger partial charge in [0.05, 0.1) is 11.1 Å². The smallest absolute Gasteiger partial charge is 0.337 e. The molecule has 4 nitrogen and oxygen atoms in total. The zero-order chi connectivity index (χ0) is 10.9. The highest BCUT2D eigenvalue weighted by molar-refractivity contribution is 9.11. The molecule has 0 spiro atoms. The van der Waals surface area contributed by atoms with Crippen LogP contribution in [0.2, 0.25) is 0 Å². The van der Waals surface area contributed by atoms with Gasteiger partial charge in [-0.3, -0.25) is 0 Å². The molecule has 0 saturated carbocycles. The Balaban J connectivity index is 3.52. The molecule has 0 heterocycles. The van der Waals surface area contributed by atoms with Crippen LogP contribution in [0.1, 0.15) is 20.7 Å². The first kappa shape index (κ1) is 11.2. The molecule has 14 heavy (non-hydrogen) atoms. The molecule has 0 aromatic heterocycles. The molecule has 0 bridgehead atoms. The van der Waals surface area contributed by atoms with Gasteiger partial charge in [0, 0.05) is 8.95 Å². The third-order valence-electron chi connectivity index (χ3n) is 1.50. The molecule has 0 unspecified atom stereocenters. The van der Waals surface area contributed by atoms with Crippen molar-refractivity contribution in [2.75, 3.05) is 0 Å². The largest absolute Gasteiger partial charge is 0.478 e. The van der Waals surface area contributed by atoms with Crippen LogP contribution in [-0.2, 0) is 0 Å². The summed E-state index contributed by atoms with van der Waals surface area (Å²) in [5.41, 5.74) is -0.501. The molecule has 1 rings (SSSR count). The molecule has 1 aromatic rings. The topological polar surface area (TPSA) is 74.6 Å². The first-order valence-corrected chi connectivity index (χ1v) is 4.97. The Morgan fingerprint density at radius 3 is 2.07 bits per heavy atom. The number of hydrogen-bond donors (Lipinski definition) is 2. The first-order chi connectivity index (χ1) is 6.43. The molecule has 2 N–H and O–H groups in total. The third kappa shape index (κ3) is 2.13. The molecule has 6 heteroatoms. The molecular formula is C8H4Br2O4. The van der Waals surface area contributed by atoms with Crippen LogP contribution in [0.4, 0.5) is 0 Å². The molecule has 1 aromatic carbocycles. The van der Waals surface area contributed by atoms with Crippen molar-refractivity contribution in [3.63, 3.8) is 0 Å². The lowest BCUT2D eigenvalue weighted by Gasteiger charge is -2.04. The van der Waals surface area contributed by atoms with E-state index >= 15 is 0 Å². The minimum Gasteiger partial charge on any atom is -0.478 e. The summed E-state index contributed by atoms with van der Waals surface area (Å²) in [7, 11) is 0. The summed E-state index contributed by atoms with van der Waals surface area (Å²) in [6, 6.07) is 2.73. The number of carbonyl (C=O) groups is 2. The fourth-order valence-electron chi connectivity index (χ4n) is 0.960. The van der Waals surface area contributed by atoms with E-state index in [1.54, 1.807) is 0 Å². The Labute approximate surface area is 95.8 Å². The Hall–Kier alpha value is -0.880. The van der Waals surface area contributed by atoms with Crippen LogP contribution >= 0.6 is 31.9 Å². The molecule has 0 aliphatic carbocycles. The summed E-state index contributed by atoms with van der Waals surface area (Å²) in [6.45, 7) is 0. The summed E-state index contributed by atoms with van der Waals surface area (Å²) in [5, 5.41) is 17.5. The fourth-order valence-corrected chi connectivity index (χ4v) is 2.35. The van der Waals surface area contributed by atoms with Gasteiger partial charge in [0.15, 0.2) is 0 Å². The van der Waals surface area contributed by atoms with Crippen molar-refractivity contribution in [3.8, 4) is 0 Å². The number of carboxylic acid groups (broad SMARTS) is 2. The van der Waals surface area contributed by atoms with E-state index < -0.39 is 11.9 Å². The van der Waals surface area contributed by atoms with Crippen LogP contribution in [0.5, 0.6) is 0 Å². The van der Waals surface area contributed by atoms with E-state index in [2.05, 4.69) is 31.9 Å². The molecule has 0 amide bonds. The first-order valence-electron chi connectivity index (χ1n) is 3.39. The van der Waals surface area contributed by atoms with Gasteiger partial charge in [0.1, 0.15) is 0 Å². The monoisotopic (exact) mass is 322 g/mol.